The van der Waals surface area contributed by atoms with Gasteiger partial charge in [-0.2, -0.15) is 0 Å². The molecule has 0 aliphatic carbocycles. The lowest BCUT2D eigenvalue weighted by Gasteiger charge is -2.16. The molecule has 1 heterocycles. The van der Waals surface area contributed by atoms with Crippen molar-refractivity contribution in [2.24, 2.45) is 0 Å². The third-order valence-corrected chi connectivity index (χ3v) is 3.88. The van der Waals surface area contributed by atoms with Crippen molar-refractivity contribution >= 4 is 17.6 Å². The highest BCUT2D eigenvalue weighted by Crippen LogP contribution is 2.36. The van der Waals surface area contributed by atoms with Crippen molar-refractivity contribution in [1.82, 2.24) is 9.97 Å². The molecule has 1 aromatic carbocycles. The molecule has 0 saturated carbocycles. The van der Waals surface area contributed by atoms with Crippen LogP contribution in [0.5, 0.6) is 0 Å². The number of nitrogens with one attached hydrogen (secondary N) is 1. The fourth-order valence-corrected chi connectivity index (χ4v) is 2.98. The van der Waals surface area contributed by atoms with E-state index in [-0.39, 0.29) is 11.7 Å². The van der Waals surface area contributed by atoms with Gasteiger partial charge in [0.05, 0.1) is 0 Å². The number of nitrogens with zero attached hydrogens (tertiary/aromatic N) is 2. The van der Waals surface area contributed by atoms with E-state index in [0.29, 0.717) is 4.90 Å². The highest BCUT2D eigenvalue weighted by molar-refractivity contribution is 7.99. The SMILES string of the molecule is CCNc1ncnc(Sc2ccccc2F)c1C(C)C. The Morgan fingerprint density at radius 2 is 2.00 bits per heavy atom. The maximum absolute atomic E-state index is 13.8. The van der Waals surface area contributed by atoms with Crippen LogP contribution in [0.4, 0.5) is 10.2 Å². The molecule has 0 unspecified atom stereocenters. The standard InChI is InChI=1S/C15H18FN3S/c1-4-17-14-13(10(2)3)15(19-9-18-14)20-12-8-6-5-7-11(12)16/h5-10H,4H2,1-3H3,(H,17,18,19). The third kappa shape index (κ3) is 3.28. The Labute approximate surface area is 123 Å². The predicted octanol–water partition coefficient (Wildman–Crippen LogP) is 4.32. The summed E-state index contributed by atoms with van der Waals surface area (Å²) in [5.41, 5.74) is 1.03. The predicted molar refractivity (Wildman–Crippen MR) is 80.8 cm³/mol. The minimum atomic E-state index is -0.226. The molecule has 0 bridgehead atoms. The Balaban J connectivity index is 2.41. The molecule has 106 valence electrons. The summed E-state index contributed by atoms with van der Waals surface area (Å²) in [6.07, 6.45) is 1.52. The summed E-state index contributed by atoms with van der Waals surface area (Å²) >= 11 is 1.34. The van der Waals surface area contributed by atoms with Gasteiger partial charge in [0.25, 0.3) is 0 Å². The summed E-state index contributed by atoms with van der Waals surface area (Å²) in [6, 6.07) is 6.74. The van der Waals surface area contributed by atoms with Gasteiger partial charge in [0, 0.05) is 17.0 Å². The molecular weight excluding hydrogens is 273 g/mol. The molecule has 0 saturated heterocycles. The lowest BCUT2D eigenvalue weighted by molar-refractivity contribution is 0.601. The molecule has 0 aliphatic rings. The number of aromatic nitrogens is 2. The number of anilines is 1. The van der Waals surface area contributed by atoms with E-state index in [9.17, 15) is 4.39 Å². The van der Waals surface area contributed by atoms with E-state index in [0.717, 1.165) is 23.0 Å². The van der Waals surface area contributed by atoms with Crippen molar-refractivity contribution in [2.45, 2.75) is 36.6 Å². The van der Waals surface area contributed by atoms with Crippen LogP contribution in [0.1, 0.15) is 32.3 Å². The highest BCUT2D eigenvalue weighted by atomic mass is 32.2. The van der Waals surface area contributed by atoms with Gasteiger partial charge in [0.2, 0.25) is 0 Å². The maximum Gasteiger partial charge on any atom is 0.137 e. The number of halogens is 1. The van der Waals surface area contributed by atoms with Gasteiger partial charge in [-0.3, -0.25) is 0 Å². The highest BCUT2D eigenvalue weighted by Gasteiger charge is 2.16. The van der Waals surface area contributed by atoms with E-state index in [2.05, 4.69) is 29.1 Å². The summed E-state index contributed by atoms with van der Waals surface area (Å²) in [4.78, 5) is 9.19. The zero-order valence-electron chi connectivity index (χ0n) is 11.9. The van der Waals surface area contributed by atoms with Gasteiger partial charge in [0.15, 0.2) is 0 Å². The molecule has 0 amide bonds. The van der Waals surface area contributed by atoms with E-state index in [1.807, 2.05) is 13.0 Å². The summed E-state index contributed by atoms with van der Waals surface area (Å²) in [5.74, 6) is 0.867. The molecular formula is C15H18FN3S. The van der Waals surface area contributed by atoms with Crippen LogP contribution in [0, 0.1) is 5.82 Å². The molecule has 20 heavy (non-hydrogen) atoms. The Bertz CT molecular complexity index is 587. The molecule has 2 rings (SSSR count). The Morgan fingerprint density at radius 3 is 2.65 bits per heavy atom. The quantitative estimate of drug-likeness (QED) is 0.832. The minimum Gasteiger partial charge on any atom is -0.370 e. The summed E-state index contributed by atoms with van der Waals surface area (Å²) in [6.45, 7) is 6.99. The van der Waals surface area contributed by atoms with E-state index >= 15 is 0 Å². The molecule has 1 N–H and O–H groups in total. The summed E-state index contributed by atoms with van der Waals surface area (Å²) in [7, 11) is 0. The molecule has 0 fully saturated rings. The van der Waals surface area contributed by atoms with Gasteiger partial charge in [-0.05, 0) is 25.0 Å². The Hall–Kier alpha value is -1.62. The molecule has 5 heteroatoms. The smallest absolute Gasteiger partial charge is 0.137 e. The lowest BCUT2D eigenvalue weighted by Crippen LogP contribution is -2.07. The molecule has 3 nitrogen and oxygen atoms in total. The first kappa shape index (κ1) is 14.8. The van der Waals surface area contributed by atoms with Crippen molar-refractivity contribution in [2.75, 3.05) is 11.9 Å². The van der Waals surface area contributed by atoms with E-state index in [4.69, 9.17) is 0 Å². The Morgan fingerprint density at radius 1 is 1.25 bits per heavy atom. The zero-order valence-corrected chi connectivity index (χ0v) is 12.7. The molecule has 0 atom stereocenters. The first-order chi connectivity index (χ1) is 9.63. The average Bonchev–Trinajstić information content (AvgIpc) is 2.41. The molecule has 0 spiro atoms. The van der Waals surface area contributed by atoms with Crippen LogP contribution in [0.2, 0.25) is 0 Å². The van der Waals surface area contributed by atoms with E-state index < -0.39 is 0 Å². The maximum atomic E-state index is 13.8. The fourth-order valence-electron chi connectivity index (χ4n) is 1.92. The van der Waals surface area contributed by atoms with Crippen molar-refractivity contribution in [3.05, 3.63) is 42.0 Å². The second-order valence-electron chi connectivity index (χ2n) is 4.66. The summed E-state index contributed by atoms with van der Waals surface area (Å²) < 4.78 is 13.8. The Kier molecular flexibility index (Phi) is 4.95. The van der Waals surface area contributed by atoms with Crippen LogP contribution < -0.4 is 5.32 Å². The van der Waals surface area contributed by atoms with Crippen LogP contribution in [-0.4, -0.2) is 16.5 Å². The second-order valence-corrected chi connectivity index (χ2v) is 5.69. The van der Waals surface area contributed by atoms with Gasteiger partial charge in [-0.15, -0.1) is 0 Å². The molecule has 0 aliphatic heterocycles. The van der Waals surface area contributed by atoms with Crippen LogP contribution in [0.25, 0.3) is 0 Å². The van der Waals surface area contributed by atoms with Crippen LogP contribution in [-0.2, 0) is 0 Å². The monoisotopic (exact) mass is 291 g/mol. The van der Waals surface area contributed by atoms with Crippen molar-refractivity contribution in [1.29, 1.82) is 0 Å². The van der Waals surface area contributed by atoms with Crippen LogP contribution in [0.15, 0.2) is 40.5 Å². The molecule has 1 aromatic heterocycles. The van der Waals surface area contributed by atoms with Crippen molar-refractivity contribution < 1.29 is 4.39 Å². The minimum absolute atomic E-state index is 0.226. The topological polar surface area (TPSA) is 37.8 Å². The van der Waals surface area contributed by atoms with Crippen LogP contribution in [0.3, 0.4) is 0 Å². The number of hydrogen-bond acceptors (Lipinski definition) is 4. The summed E-state index contributed by atoms with van der Waals surface area (Å²) in [5, 5.41) is 4.04. The number of benzene rings is 1. The van der Waals surface area contributed by atoms with Gasteiger partial charge in [-0.1, -0.05) is 37.7 Å². The second kappa shape index (κ2) is 6.70. The molecule has 2 aromatic rings. The lowest BCUT2D eigenvalue weighted by atomic mass is 10.1. The first-order valence-corrected chi connectivity index (χ1v) is 7.46. The van der Waals surface area contributed by atoms with Crippen molar-refractivity contribution in [3.63, 3.8) is 0 Å². The van der Waals surface area contributed by atoms with Gasteiger partial charge < -0.3 is 5.32 Å². The van der Waals surface area contributed by atoms with Gasteiger partial charge in [0.1, 0.15) is 23.0 Å². The number of hydrogen-bond donors (Lipinski definition) is 1. The first-order valence-electron chi connectivity index (χ1n) is 6.64. The van der Waals surface area contributed by atoms with Gasteiger partial charge >= 0.3 is 0 Å². The average molecular weight is 291 g/mol. The largest absolute Gasteiger partial charge is 0.370 e. The normalized spacial score (nSPS) is 10.8. The van der Waals surface area contributed by atoms with E-state index in [1.54, 1.807) is 12.1 Å². The molecule has 0 radical (unpaired) electrons. The van der Waals surface area contributed by atoms with Crippen LogP contribution >= 0.6 is 11.8 Å². The van der Waals surface area contributed by atoms with E-state index in [1.165, 1.54) is 24.2 Å². The third-order valence-electron chi connectivity index (χ3n) is 2.81. The zero-order chi connectivity index (χ0) is 14.5. The number of rotatable bonds is 5. The van der Waals surface area contributed by atoms with Crippen molar-refractivity contribution in [3.8, 4) is 0 Å². The fraction of sp³-hybridized carbons (Fsp3) is 0.333. The van der Waals surface area contributed by atoms with Gasteiger partial charge in [-0.25, -0.2) is 14.4 Å².